The molecule has 0 saturated heterocycles. The molecular formula is C14H12F3N5O2. The van der Waals surface area contributed by atoms with Gasteiger partial charge in [0, 0.05) is 11.8 Å². The van der Waals surface area contributed by atoms with Gasteiger partial charge in [-0.25, -0.2) is 9.50 Å². The molecule has 0 saturated carbocycles. The Kier molecular flexibility index (Phi) is 3.54. The average Bonchev–Trinajstić information content (AvgIpc) is 3.03. The van der Waals surface area contributed by atoms with E-state index in [2.05, 4.69) is 20.6 Å². The van der Waals surface area contributed by atoms with Gasteiger partial charge in [0.2, 0.25) is 0 Å². The third kappa shape index (κ3) is 2.70. The van der Waals surface area contributed by atoms with Crippen LogP contribution in [0.1, 0.15) is 33.3 Å². The fraction of sp³-hybridized carbons (Fsp3) is 0.286. The quantitative estimate of drug-likeness (QED) is 0.776. The smallest absolute Gasteiger partial charge is 0.359 e. The van der Waals surface area contributed by atoms with Crippen molar-refractivity contribution in [2.45, 2.75) is 26.9 Å². The van der Waals surface area contributed by atoms with Crippen molar-refractivity contribution in [1.82, 2.24) is 19.8 Å². The van der Waals surface area contributed by atoms with Crippen molar-refractivity contribution in [3.8, 4) is 0 Å². The third-order valence-electron chi connectivity index (χ3n) is 3.35. The number of nitrogens with one attached hydrogen (secondary N) is 1. The number of anilines is 1. The summed E-state index contributed by atoms with van der Waals surface area (Å²) < 4.78 is 44.9. The van der Waals surface area contributed by atoms with Crippen molar-refractivity contribution in [1.29, 1.82) is 0 Å². The highest BCUT2D eigenvalue weighted by atomic mass is 19.4. The molecule has 3 aromatic heterocycles. The highest BCUT2D eigenvalue weighted by molar-refractivity contribution is 6.04. The second kappa shape index (κ2) is 5.32. The number of aromatic nitrogens is 4. The van der Waals surface area contributed by atoms with Gasteiger partial charge in [0.1, 0.15) is 17.1 Å². The SMILES string of the molecule is Cc1cc(C(F)(F)F)n2nc(C(=O)Nc3c(C)noc3C)cc2n1. The Labute approximate surface area is 133 Å². The molecule has 0 aliphatic heterocycles. The second-order valence-corrected chi connectivity index (χ2v) is 5.23. The predicted octanol–water partition coefficient (Wildman–Crippen LogP) is 2.91. The summed E-state index contributed by atoms with van der Waals surface area (Å²) in [4.78, 5) is 16.2. The first-order valence-corrected chi connectivity index (χ1v) is 6.85. The number of fused-ring (bicyclic) bond motifs is 1. The molecule has 0 aliphatic rings. The molecule has 0 unspecified atom stereocenters. The Morgan fingerprint density at radius 2 is 1.96 bits per heavy atom. The van der Waals surface area contributed by atoms with Crippen LogP contribution in [0, 0.1) is 20.8 Å². The molecule has 3 heterocycles. The van der Waals surface area contributed by atoms with Crippen LogP contribution in [-0.2, 0) is 6.18 Å². The van der Waals surface area contributed by atoms with Crippen molar-refractivity contribution in [2.24, 2.45) is 0 Å². The summed E-state index contributed by atoms with van der Waals surface area (Å²) in [5.41, 5.74) is -0.273. The van der Waals surface area contributed by atoms with E-state index < -0.39 is 17.8 Å². The van der Waals surface area contributed by atoms with E-state index >= 15 is 0 Å². The number of nitrogens with zero attached hydrogens (tertiary/aromatic N) is 4. The largest absolute Gasteiger partial charge is 0.433 e. The van der Waals surface area contributed by atoms with E-state index in [0.717, 1.165) is 6.07 Å². The minimum absolute atomic E-state index is 0.0637. The van der Waals surface area contributed by atoms with Gasteiger partial charge < -0.3 is 9.84 Å². The van der Waals surface area contributed by atoms with Crippen LogP contribution in [0.25, 0.3) is 5.65 Å². The predicted molar refractivity (Wildman–Crippen MR) is 76.7 cm³/mol. The number of carbonyl (C=O) groups excluding carboxylic acids is 1. The summed E-state index contributed by atoms with van der Waals surface area (Å²) >= 11 is 0. The molecule has 0 aliphatic carbocycles. The molecule has 1 amide bonds. The average molecular weight is 339 g/mol. The Hall–Kier alpha value is -2.91. The molecule has 0 bridgehead atoms. The second-order valence-electron chi connectivity index (χ2n) is 5.23. The highest BCUT2D eigenvalue weighted by Gasteiger charge is 2.35. The first-order valence-electron chi connectivity index (χ1n) is 6.85. The first kappa shape index (κ1) is 16.0. The van der Waals surface area contributed by atoms with E-state index in [4.69, 9.17) is 4.52 Å². The maximum Gasteiger partial charge on any atom is 0.433 e. The molecule has 0 radical (unpaired) electrons. The Morgan fingerprint density at radius 1 is 1.25 bits per heavy atom. The zero-order valence-electron chi connectivity index (χ0n) is 12.9. The molecule has 1 N–H and O–H groups in total. The summed E-state index contributed by atoms with van der Waals surface area (Å²) in [6.07, 6.45) is -4.62. The summed E-state index contributed by atoms with van der Waals surface area (Å²) in [6, 6.07) is 2.06. The lowest BCUT2D eigenvalue weighted by molar-refractivity contribution is -0.142. The van der Waals surface area contributed by atoms with Crippen molar-refractivity contribution >= 4 is 17.2 Å². The van der Waals surface area contributed by atoms with E-state index in [1.54, 1.807) is 13.8 Å². The summed E-state index contributed by atoms with van der Waals surface area (Å²) in [5.74, 6) is -0.296. The molecule has 0 aromatic carbocycles. The number of hydrogen-bond acceptors (Lipinski definition) is 5. The van der Waals surface area contributed by atoms with Crippen molar-refractivity contribution in [2.75, 3.05) is 5.32 Å². The van der Waals surface area contributed by atoms with Crippen LogP contribution in [-0.4, -0.2) is 25.7 Å². The van der Waals surface area contributed by atoms with E-state index in [1.165, 1.54) is 13.0 Å². The van der Waals surface area contributed by atoms with Gasteiger partial charge in [0.15, 0.2) is 17.1 Å². The van der Waals surface area contributed by atoms with Gasteiger partial charge in [-0.1, -0.05) is 5.16 Å². The normalized spacial score (nSPS) is 11.9. The zero-order valence-corrected chi connectivity index (χ0v) is 12.9. The number of rotatable bonds is 2. The first-order chi connectivity index (χ1) is 11.2. The molecular weight excluding hydrogens is 327 g/mol. The van der Waals surface area contributed by atoms with Gasteiger partial charge in [-0.3, -0.25) is 4.79 Å². The van der Waals surface area contributed by atoms with Crippen LogP contribution >= 0.6 is 0 Å². The van der Waals surface area contributed by atoms with E-state index in [9.17, 15) is 18.0 Å². The van der Waals surface area contributed by atoms with Gasteiger partial charge >= 0.3 is 6.18 Å². The molecule has 10 heteroatoms. The van der Waals surface area contributed by atoms with Gasteiger partial charge in [-0.05, 0) is 26.8 Å². The number of hydrogen-bond donors (Lipinski definition) is 1. The number of carbonyl (C=O) groups is 1. The number of halogens is 3. The van der Waals surface area contributed by atoms with Crippen LogP contribution in [0.2, 0.25) is 0 Å². The van der Waals surface area contributed by atoms with E-state index in [0.29, 0.717) is 21.7 Å². The van der Waals surface area contributed by atoms with E-state index in [1.807, 2.05) is 0 Å². The standard InChI is InChI=1S/C14H12F3N5O2/c1-6-4-10(14(15,16)17)22-11(18-6)5-9(20-22)13(23)19-12-7(2)21-24-8(12)3/h4-5H,1-3H3,(H,19,23). The van der Waals surface area contributed by atoms with Crippen LogP contribution in [0.4, 0.5) is 18.9 Å². The number of alkyl halides is 3. The summed E-state index contributed by atoms with van der Waals surface area (Å²) in [6.45, 7) is 4.67. The molecule has 7 nitrogen and oxygen atoms in total. The van der Waals surface area contributed by atoms with Crippen LogP contribution in [0.3, 0.4) is 0 Å². The molecule has 126 valence electrons. The van der Waals surface area contributed by atoms with Crippen molar-refractivity contribution in [3.63, 3.8) is 0 Å². The lowest BCUT2D eigenvalue weighted by Gasteiger charge is -2.09. The van der Waals surface area contributed by atoms with Crippen LogP contribution < -0.4 is 5.32 Å². The highest BCUT2D eigenvalue weighted by Crippen LogP contribution is 2.30. The lowest BCUT2D eigenvalue weighted by Crippen LogP contribution is -2.16. The van der Waals surface area contributed by atoms with Gasteiger partial charge in [0.05, 0.1) is 0 Å². The molecule has 3 aromatic rings. The molecule has 3 rings (SSSR count). The van der Waals surface area contributed by atoms with Crippen LogP contribution in [0.15, 0.2) is 16.7 Å². The Bertz CT molecular complexity index is 922. The lowest BCUT2D eigenvalue weighted by atomic mass is 10.3. The van der Waals surface area contributed by atoms with E-state index in [-0.39, 0.29) is 17.0 Å². The minimum Gasteiger partial charge on any atom is -0.359 e. The zero-order chi connectivity index (χ0) is 17.6. The fourth-order valence-corrected chi connectivity index (χ4v) is 2.25. The Balaban J connectivity index is 2.03. The Morgan fingerprint density at radius 3 is 2.54 bits per heavy atom. The monoisotopic (exact) mass is 339 g/mol. The van der Waals surface area contributed by atoms with Gasteiger partial charge in [-0.2, -0.15) is 18.3 Å². The maximum atomic E-state index is 13.1. The maximum absolute atomic E-state index is 13.1. The topological polar surface area (TPSA) is 85.3 Å². The third-order valence-corrected chi connectivity index (χ3v) is 3.35. The van der Waals surface area contributed by atoms with Gasteiger partial charge in [0.25, 0.3) is 5.91 Å². The number of aryl methyl sites for hydroxylation is 3. The molecule has 0 spiro atoms. The van der Waals surface area contributed by atoms with Crippen molar-refractivity contribution in [3.05, 3.63) is 40.7 Å². The summed E-state index contributed by atoms with van der Waals surface area (Å²) in [5, 5.41) is 9.95. The molecule has 0 fully saturated rings. The van der Waals surface area contributed by atoms with Crippen LogP contribution in [0.5, 0.6) is 0 Å². The molecule has 24 heavy (non-hydrogen) atoms. The molecule has 0 atom stereocenters. The fourth-order valence-electron chi connectivity index (χ4n) is 2.25. The number of amides is 1. The van der Waals surface area contributed by atoms with Crippen molar-refractivity contribution < 1.29 is 22.5 Å². The van der Waals surface area contributed by atoms with Gasteiger partial charge in [-0.15, -0.1) is 0 Å². The minimum atomic E-state index is -4.62. The summed E-state index contributed by atoms with van der Waals surface area (Å²) in [7, 11) is 0.